The molecule has 1 aliphatic heterocycles. The molecule has 0 aliphatic carbocycles. The second-order valence-electron chi connectivity index (χ2n) is 4.40. The van der Waals surface area contributed by atoms with Gasteiger partial charge < -0.3 is 10.2 Å². The van der Waals surface area contributed by atoms with Crippen molar-refractivity contribution < 1.29 is 0 Å². The molecular formula is C12H24N2. The number of rotatable bonds is 4. The lowest BCUT2D eigenvalue weighted by atomic mass is 10.1. The van der Waals surface area contributed by atoms with Gasteiger partial charge in [0.2, 0.25) is 0 Å². The summed E-state index contributed by atoms with van der Waals surface area (Å²) >= 11 is 0. The molecule has 1 fully saturated rings. The molecule has 1 saturated heterocycles. The number of nitrogens with zero attached hydrogens (tertiary/aromatic N) is 1. The molecule has 1 N–H and O–H groups in total. The quantitative estimate of drug-likeness (QED) is 0.692. The maximum atomic E-state index is 3.59. The van der Waals surface area contributed by atoms with Gasteiger partial charge in [0.15, 0.2) is 0 Å². The third-order valence-electron chi connectivity index (χ3n) is 2.95. The van der Waals surface area contributed by atoms with E-state index in [2.05, 4.69) is 37.1 Å². The second kappa shape index (κ2) is 6.20. The summed E-state index contributed by atoms with van der Waals surface area (Å²) in [5.41, 5.74) is 1.41. The molecule has 0 amide bonds. The highest BCUT2D eigenvalue weighted by molar-refractivity contribution is 4.95. The maximum Gasteiger partial charge on any atom is 0.0139 e. The Kier molecular flexibility index (Phi) is 5.20. The molecule has 82 valence electrons. The van der Waals surface area contributed by atoms with E-state index >= 15 is 0 Å². The Morgan fingerprint density at radius 3 is 2.50 bits per heavy atom. The Hall–Kier alpha value is -0.340. The molecule has 1 aliphatic rings. The predicted molar refractivity (Wildman–Crippen MR) is 62.6 cm³/mol. The van der Waals surface area contributed by atoms with Gasteiger partial charge in [0.25, 0.3) is 0 Å². The Morgan fingerprint density at radius 2 is 2.00 bits per heavy atom. The van der Waals surface area contributed by atoms with Crippen molar-refractivity contribution in [2.24, 2.45) is 0 Å². The zero-order valence-corrected chi connectivity index (χ0v) is 9.84. The molecule has 14 heavy (non-hydrogen) atoms. The van der Waals surface area contributed by atoms with Gasteiger partial charge in [-0.25, -0.2) is 0 Å². The SMILES string of the molecule is CCN1CCC(NCC=C(C)C)CC1. The van der Waals surface area contributed by atoms with Gasteiger partial charge >= 0.3 is 0 Å². The van der Waals surface area contributed by atoms with Crippen LogP contribution in [0.5, 0.6) is 0 Å². The van der Waals surface area contributed by atoms with Crippen LogP contribution in [-0.4, -0.2) is 37.1 Å². The summed E-state index contributed by atoms with van der Waals surface area (Å²) in [7, 11) is 0. The molecule has 1 rings (SSSR count). The summed E-state index contributed by atoms with van der Waals surface area (Å²) in [4.78, 5) is 2.53. The van der Waals surface area contributed by atoms with Gasteiger partial charge in [-0.05, 0) is 46.3 Å². The first-order valence-corrected chi connectivity index (χ1v) is 5.81. The molecule has 0 saturated carbocycles. The highest BCUT2D eigenvalue weighted by atomic mass is 15.1. The Labute approximate surface area is 88.4 Å². The monoisotopic (exact) mass is 196 g/mol. The van der Waals surface area contributed by atoms with Crippen LogP contribution in [0.4, 0.5) is 0 Å². The predicted octanol–water partition coefficient (Wildman–Crippen LogP) is 2.03. The first-order valence-electron chi connectivity index (χ1n) is 5.81. The third kappa shape index (κ3) is 4.25. The van der Waals surface area contributed by atoms with E-state index < -0.39 is 0 Å². The van der Waals surface area contributed by atoms with Gasteiger partial charge in [-0.2, -0.15) is 0 Å². The summed E-state index contributed by atoms with van der Waals surface area (Å²) in [5, 5.41) is 3.59. The van der Waals surface area contributed by atoms with E-state index in [0.29, 0.717) is 0 Å². The fourth-order valence-electron chi connectivity index (χ4n) is 1.88. The van der Waals surface area contributed by atoms with Crippen LogP contribution < -0.4 is 5.32 Å². The number of hydrogen-bond acceptors (Lipinski definition) is 2. The zero-order chi connectivity index (χ0) is 10.4. The van der Waals surface area contributed by atoms with Crippen molar-refractivity contribution in [3.05, 3.63) is 11.6 Å². The topological polar surface area (TPSA) is 15.3 Å². The molecule has 0 aromatic carbocycles. The lowest BCUT2D eigenvalue weighted by molar-refractivity contribution is 0.209. The normalized spacial score (nSPS) is 19.6. The highest BCUT2D eigenvalue weighted by Gasteiger charge is 2.16. The number of allylic oxidation sites excluding steroid dienone is 1. The van der Waals surface area contributed by atoms with Crippen LogP contribution in [0.15, 0.2) is 11.6 Å². The molecule has 2 nitrogen and oxygen atoms in total. The van der Waals surface area contributed by atoms with Crippen molar-refractivity contribution >= 4 is 0 Å². The molecule has 0 unspecified atom stereocenters. The minimum absolute atomic E-state index is 0.744. The van der Waals surface area contributed by atoms with Gasteiger partial charge in [-0.1, -0.05) is 18.6 Å². The summed E-state index contributed by atoms with van der Waals surface area (Å²) in [6.45, 7) is 11.3. The fourth-order valence-corrected chi connectivity index (χ4v) is 1.88. The minimum Gasteiger partial charge on any atom is -0.310 e. The zero-order valence-electron chi connectivity index (χ0n) is 9.84. The lowest BCUT2D eigenvalue weighted by Crippen LogP contribution is -2.42. The van der Waals surface area contributed by atoms with Gasteiger partial charge in [0.1, 0.15) is 0 Å². The average Bonchev–Trinajstić information content (AvgIpc) is 2.18. The average molecular weight is 196 g/mol. The summed E-state index contributed by atoms with van der Waals surface area (Å²) in [5.74, 6) is 0. The van der Waals surface area contributed by atoms with E-state index in [-0.39, 0.29) is 0 Å². The molecule has 0 aromatic heterocycles. The van der Waals surface area contributed by atoms with Crippen LogP contribution >= 0.6 is 0 Å². The smallest absolute Gasteiger partial charge is 0.0139 e. The first kappa shape index (κ1) is 11.7. The van der Waals surface area contributed by atoms with E-state index in [9.17, 15) is 0 Å². The summed E-state index contributed by atoms with van der Waals surface area (Å²) in [6.07, 6.45) is 4.89. The van der Waals surface area contributed by atoms with E-state index in [1.165, 1.54) is 38.0 Å². The minimum atomic E-state index is 0.744. The molecule has 2 heteroatoms. The van der Waals surface area contributed by atoms with Crippen molar-refractivity contribution in [2.45, 2.75) is 39.7 Å². The molecule has 0 spiro atoms. The van der Waals surface area contributed by atoms with Gasteiger partial charge in [0.05, 0.1) is 0 Å². The summed E-state index contributed by atoms with van der Waals surface area (Å²) < 4.78 is 0. The molecule has 1 heterocycles. The van der Waals surface area contributed by atoms with Crippen LogP contribution in [0, 0.1) is 0 Å². The van der Waals surface area contributed by atoms with Crippen molar-refractivity contribution in [2.75, 3.05) is 26.2 Å². The first-order chi connectivity index (χ1) is 6.72. The fraction of sp³-hybridized carbons (Fsp3) is 0.833. The number of hydrogen-bond donors (Lipinski definition) is 1. The van der Waals surface area contributed by atoms with E-state index in [0.717, 1.165) is 12.6 Å². The molecule has 0 aromatic rings. The maximum absolute atomic E-state index is 3.59. The second-order valence-corrected chi connectivity index (χ2v) is 4.40. The van der Waals surface area contributed by atoms with Gasteiger partial charge in [-0.15, -0.1) is 0 Å². The van der Waals surface area contributed by atoms with Crippen LogP contribution in [0.25, 0.3) is 0 Å². The van der Waals surface area contributed by atoms with Crippen LogP contribution in [0.3, 0.4) is 0 Å². The molecule has 0 atom stereocenters. The van der Waals surface area contributed by atoms with Gasteiger partial charge in [-0.3, -0.25) is 0 Å². The number of likely N-dealkylation sites (tertiary alicyclic amines) is 1. The van der Waals surface area contributed by atoms with Crippen LogP contribution in [0.2, 0.25) is 0 Å². The van der Waals surface area contributed by atoms with Gasteiger partial charge in [0, 0.05) is 12.6 Å². The number of nitrogens with one attached hydrogen (secondary N) is 1. The molecular weight excluding hydrogens is 172 g/mol. The van der Waals surface area contributed by atoms with Crippen molar-refractivity contribution in [1.82, 2.24) is 10.2 Å². The van der Waals surface area contributed by atoms with E-state index in [1.807, 2.05) is 0 Å². The van der Waals surface area contributed by atoms with E-state index in [4.69, 9.17) is 0 Å². The Balaban J connectivity index is 2.13. The number of piperidine rings is 1. The summed E-state index contributed by atoms with van der Waals surface area (Å²) in [6, 6.07) is 0.744. The van der Waals surface area contributed by atoms with Crippen molar-refractivity contribution in [3.8, 4) is 0 Å². The lowest BCUT2D eigenvalue weighted by Gasteiger charge is -2.31. The van der Waals surface area contributed by atoms with Crippen LogP contribution in [-0.2, 0) is 0 Å². The van der Waals surface area contributed by atoms with Crippen LogP contribution in [0.1, 0.15) is 33.6 Å². The van der Waals surface area contributed by atoms with E-state index in [1.54, 1.807) is 0 Å². The Bertz CT molecular complexity index is 175. The third-order valence-corrected chi connectivity index (χ3v) is 2.95. The Morgan fingerprint density at radius 1 is 1.36 bits per heavy atom. The van der Waals surface area contributed by atoms with Crippen molar-refractivity contribution in [3.63, 3.8) is 0 Å². The molecule has 0 bridgehead atoms. The largest absolute Gasteiger partial charge is 0.310 e. The van der Waals surface area contributed by atoms with Crippen molar-refractivity contribution in [1.29, 1.82) is 0 Å². The highest BCUT2D eigenvalue weighted by Crippen LogP contribution is 2.09. The molecule has 0 radical (unpaired) electrons. The standard InChI is InChI=1S/C12H24N2/c1-4-14-9-6-12(7-10-14)13-8-5-11(2)3/h5,12-13H,4,6-10H2,1-3H3.